The highest BCUT2D eigenvalue weighted by Crippen LogP contribution is 2.30. The first-order valence-corrected chi connectivity index (χ1v) is 7.88. The first-order valence-electron chi connectivity index (χ1n) is 7.88. The van der Waals surface area contributed by atoms with Crippen molar-refractivity contribution in [2.24, 2.45) is 0 Å². The number of carbonyl (C=O) groups is 1. The van der Waals surface area contributed by atoms with E-state index in [1.54, 1.807) is 0 Å². The van der Waals surface area contributed by atoms with E-state index < -0.39 is 0 Å². The number of carbonyl (C=O) groups excluding carboxylic acids is 1. The maximum absolute atomic E-state index is 12.4. The second-order valence-corrected chi connectivity index (χ2v) is 6.03. The van der Waals surface area contributed by atoms with E-state index >= 15 is 0 Å². The lowest BCUT2D eigenvalue weighted by molar-refractivity contribution is 0.0983. The Hall–Kier alpha value is -1.57. The summed E-state index contributed by atoms with van der Waals surface area (Å²) in [6.45, 7) is 4.09. The van der Waals surface area contributed by atoms with Crippen LogP contribution in [0.15, 0.2) is 12.1 Å². The Morgan fingerprint density at radius 3 is 2.55 bits per heavy atom. The van der Waals surface area contributed by atoms with E-state index in [2.05, 4.69) is 24.0 Å². The Balaban J connectivity index is 2.14. The van der Waals surface area contributed by atoms with Crippen LogP contribution in [0.5, 0.6) is 0 Å². The maximum atomic E-state index is 12.4. The van der Waals surface area contributed by atoms with Gasteiger partial charge in [0, 0.05) is 28.6 Å². The van der Waals surface area contributed by atoms with Crippen molar-refractivity contribution in [1.29, 1.82) is 0 Å². The van der Waals surface area contributed by atoms with Crippen molar-refractivity contribution >= 4 is 16.7 Å². The Morgan fingerprint density at radius 1 is 1.15 bits per heavy atom. The molecular formula is C18H23NO. The van der Waals surface area contributed by atoms with Gasteiger partial charge in [-0.05, 0) is 62.3 Å². The molecule has 0 unspecified atom stereocenters. The number of rotatable bonds is 3. The Bertz CT molecular complexity index is 651. The van der Waals surface area contributed by atoms with E-state index in [0.29, 0.717) is 6.42 Å². The van der Waals surface area contributed by atoms with Crippen molar-refractivity contribution in [1.82, 2.24) is 4.98 Å². The van der Waals surface area contributed by atoms with Gasteiger partial charge in [0.15, 0.2) is 5.78 Å². The highest BCUT2D eigenvalue weighted by molar-refractivity contribution is 6.09. The summed E-state index contributed by atoms with van der Waals surface area (Å²) >= 11 is 0. The molecule has 0 atom stereocenters. The molecule has 1 aromatic carbocycles. The Kier molecular flexibility index (Phi) is 3.64. The van der Waals surface area contributed by atoms with Crippen LogP contribution in [0, 0.1) is 6.92 Å². The number of ketones is 1. The second-order valence-electron chi connectivity index (χ2n) is 6.03. The summed E-state index contributed by atoms with van der Waals surface area (Å²) in [6, 6.07) is 4.56. The normalized spacial score (nSPS) is 15.1. The molecule has 2 aromatic rings. The Morgan fingerprint density at radius 2 is 1.85 bits per heavy atom. The predicted octanol–water partition coefficient (Wildman–Crippen LogP) is 4.73. The minimum Gasteiger partial charge on any atom is -0.358 e. The number of fused-ring (bicyclic) bond motifs is 2. The molecule has 20 heavy (non-hydrogen) atoms. The van der Waals surface area contributed by atoms with Gasteiger partial charge in [0.1, 0.15) is 0 Å². The summed E-state index contributed by atoms with van der Waals surface area (Å²) in [4.78, 5) is 15.8. The SMILES string of the molecule is CCCC(=O)c1c(C)[nH]c2cc3c(cc12)CCCCC3. The molecule has 3 rings (SSSR count). The molecule has 0 saturated carbocycles. The third-order valence-corrected chi connectivity index (χ3v) is 4.45. The number of hydrogen-bond donors (Lipinski definition) is 1. The lowest BCUT2D eigenvalue weighted by Crippen LogP contribution is -2.00. The molecule has 1 aromatic heterocycles. The summed E-state index contributed by atoms with van der Waals surface area (Å²) in [5, 5.41) is 1.14. The van der Waals surface area contributed by atoms with Gasteiger partial charge >= 0.3 is 0 Å². The highest BCUT2D eigenvalue weighted by atomic mass is 16.1. The largest absolute Gasteiger partial charge is 0.358 e. The summed E-state index contributed by atoms with van der Waals surface area (Å²) in [5.41, 5.74) is 6.03. The van der Waals surface area contributed by atoms with Crippen LogP contribution in [0.2, 0.25) is 0 Å². The summed E-state index contributed by atoms with van der Waals surface area (Å²) in [6.07, 6.45) is 7.79. The minimum absolute atomic E-state index is 0.282. The highest BCUT2D eigenvalue weighted by Gasteiger charge is 2.18. The van der Waals surface area contributed by atoms with Gasteiger partial charge in [-0.1, -0.05) is 13.3 Å². The number of aromatic nitrogens is 1. The molecule has 0 saturated heterocycles. The van der Waals surface area contributed by atoms with Gasteiger partial charge in [0.25, 0.3) is 0 Å². The molecule has 0 amide bonds. The minimum atomic E-state index is 0.282. The molecule has 2 nitrogen and oxygen atoms in total. The lowest BCUT2D eigenvalue weighted by Gasteiger charge is -2.07. The van der Waals surface area contributed by atoms with Crippen LogP contribution in [0.3, 0.4) is 0 Å². The van der Waals surface area contributed by atoms with Crippen molar-refractivity contribution in [3.8, 4) is 0 Å². The smallest absolute Gasteiger partial charge is 0.165 e. The zero-order valence-corrected chi connectivity index (χ0v) is 12.5. The van der Waals surface area contributed by atoms with Crippen LogP contribution >= 0.6 is 0 Å². The van der Waals surface area contributed by atoms with Gasteiger partial charge in [0.2, 0.25) is 0 Å². The van der Waals surface area contributed by atoms with Gasteiger partial charge < -0.3 is 4.98 Å². The zero-order chi connectivity index (χ0) is 14.1. The number of aryl methyl sites for hydroxylation is 3. The molecule has 0 spiro atoms. The predicted molar refractivity (Wildman–Crippen MR) is 83.5 cm³/mol. The van der Waals surface area contributed by atoms with E-state index in [4.69, 9.17) is 0 Å². The molecule has 1 heterocycles. The first-order chi connectivity index (χ1) is 9.70. The van der Waals surface area contributed by atoms with Crippen LogP contribution in [0.4, 0.5) is 0 Å². The maximum Gasteiger partial charge on any atom is 0.165 e. The van der Waals surface area contributed by atoms with Crippen molar-refractivity contribution in [3.63, 3.8) is 0 Å². The average Bonchev–Trinajstić information content (AvgIpc) is 2.58. The molecule has 0 aliphatic heterocycles. The molecule has 1 N–H and O–H groups in total. The van der Waals surface area contributed by atoms with Crippen molar-refractivity contribution in [2.45, 2.75) is 58.8 Å². The third-order valence-electron chi connectivity index (χ3n) is 4.45. The van der Waals surface area contributed by atoms with E-state index in [1.807, 2.05) is 6.92 Å². The molecule has 0 radical (unpaired) electrons. The molecule has 1 aliphatic carbocycles. The van der Waals surface area contributed by atoms with Gasteiger partial charge in [-0.2, -0.15) is 0 Å². The zero-order valence-electron chi connectivity index (χ0n) is 12.5. The monoisotopic (exact) mass is 269 g/mol. The first kappa shape index (κ1) is 13.4. The van der Waals surface area contributed by atoms with Gasteiger partial charge in [0.05, 0.1) is 0 Å². The van der Waals surface area contributed by atoms with Crippen LogP contribution in [0.25, 0.3) is 10.9 Å². The fraction of sp³-hybridized carbons (Fsp3) is 0.500. The molecule has 2 heteroatoms. The number of Topliss-reactive ketones (excluding diaryl/α,β-unsaturated/α-hetero) is 1. The van der Waals surface area contributed by atoms with E-state index in [0.717, 1.165) is 35.0 Å². The topological polar surface area (TPSA) is 32.9 Å². The van der Waals surface area contributed by atoms with Crippen LogP contribution in [-0.4, -0.2) is 10.8 Å². The molecule has 0 fully saturated rings. The molecular weight excluding hydrogens is 246 g/mol. The number of benzene rings is 1. The summed E-state index contributed by atoms with van der Waals surface area (Å²) < 4.78 is 0. The second kappa shape index (κ2) is 5.43. The van der Waals surface area contributed by atoms with Crippen molar-refractivity contribution < 1.29 is 4.79 Å². The summed E-state index contributed by atoms with van der Waals surface area (Å²) in [7, 11) is 0. The molecule has 1 aliphatic rings. The molecule has 106 valence electrons. The van der Waals surface area contributed by atoms with E-state index in [-0.39, 0.29) is 5.78 Å². The Labute approximate surface area is 120 Å². The van der Waals surface area contributed by atoms with Crippen molar-refractivity contribution in [2.75, 3.05) is 0 Å². The van der Waals surface area contributed by atoms with Gasteiger partial charge in [-0.25, -0.2) is 0 Å². The van der Waals surface area contributed by atoms with Gasteiger partial charge in [-0.15, -0.1) is 0 Å². The number of hydrogen-bond acceptors (Lipinski definition) is 1. The van der Waals surface area contributed by atoms with Gasteiger partial charge in [-0.3, -0.25) is 4.79 Å². The average molecular weight is 269 g/mol. The fourth-order valence-corrected chi connectivity index (χ4v) is 3.45. The molecule has 0 bridgehead atoms. The van der Waals surface area contributed by atoms with Crippen LogP contribution in [0.1, 0.15) is 66.2 Å². The summed E-state index contributed by atoms with van der Waals surface area (Å²) in [5.74, 6) is 0.282. The number of H-pyrrole nitrogens is 1. The van der Waals surface area contributed by atoms with E-state index in [9.17, 15) is 4.79 Å². The standard InChI is InChI=1S/C18H23NO/c1-3-7-17(20)18-12(2)19-16-11-14-9-6-4-5-8-13(14)10-15(16)18/h10-11,19H,3-9H2,1-2H3. The lowest BCUT2D eigenvalue weighted by atomic mass is 9.97. The van der Waals surface area contributed by atoms with Crippen molar-refractivity contribution in [3.05, 3.63) is 34.5 Å². The third kappa shape index (κ3) is 2.28. The quantitative estimate of drug-likeness (QED) is 0.634. The number of nitrogens with one attached hydrogen (secondary N) is 1. The number of aromatic amines is 1. The fourth-order valence-electron chi connectivity index (χ4n) is 3.45. The van der Waals surface area contributed by atoms with Crippen LogP contribution < -0.4 is 0 Å². The van der Waals surface area contributed by atoms with Crippen LogP contribution in [-0.2, 0) is 12.8 Å². The van der Waals surface area contributed by atoms with E-state index in [1.165, 1.54) is 36.8 Å².